The third kappa shape index (κ3) is 4.49. The maximum atomic E-state index is 11.7. The van der Waals surface area contributed by atoms with Gasteiger partial charge in [0.15, 0.2) is 0 Å². The summed E-state index contributed by atoms with van der Waals surface area (Å²) < 4.78 is 10.6. The molecule has 104 valence electrons. The summed E-state index contributed by atoms with van der Waals surface area (Å²) in [5.41, 5.74) is 1.67. The molecule has 0 saturated carbocycles. The van der Waals surface area contributed by atoms with E-state index in [0.717, 1.165) is 25.2 Å². The van der Waals surface area contributed by atoms with Crippen LogP contribution >= 0.6 is 11.6 Å². The number of ether oxygens (including phenoxy) is 2. The van der Waals surface area contributed by atoms with Gasteiger partial charge in [-0.1, -0.05) is 17.7 Å². The largest absolute Gasteiger partial charge is 0.381 e. The van der Waals surface area contributed by atoms with Gasteiger partial charge in [-0.2, -0.15) is 0 Å². The molecule has 2 rings (SSSR count). The zero-order valence-corrected chi connectivity index (χ0v) is 11.7. The van der Waals surface area contributed by atoms with Crippen LogP contribution in [0.3, 0.4) is 0 Å². The van der Waals surface area contributed by atoms with Crippen molar-refractivity contribution in [3.05, 3.63) is 28.8 Å². The van der Waals surface area contributed by atoms with E-state index in [2.05, 4.69) is 5.32 Å². The summed E-state index contributed by atoms with van der Waals surface area (Å²) in [6, 6.07) is 5.43. The Morgan fingerprint density at radius 2 is 2.42 bits per heavy atom. The van der Waals surface area contributed by atoms with Crippen LogP contribution in [0.4, 0.5) is 5.69 Å². The van der Waals surface area contributed by atoms with E-state index in [1.54, 1.807) is 6.07 Å². The molecule has 1 aliphatic heterocycles. The fourth-order valence-corrected chi connectivity index (χ4v) is 2.08. The van der Waals surface area contributed by atoms with Crippen molar-refractivity contribution in [3.8, 4) is 0 Å². The van der Waals surface area contributed by atoms with Crippen molar-refractivity contribution in [1.82, 2.24) is 0 Å². The molecule has 5 heteroatoms. The molecule has 0 aromatic heterocycles. The van der Waals surface area contributed by atoms with E-state index in [0.29, 0.717) is 23.2 Å². The van der Waals surface area contributed by atoms with Crippen molar-refractivity contribution in [3.63, 3.8) is 0 Å². The number of aryl methyl sites for hydroxylation is 1. The van der Waals surface area contributed by atoms with Crippen LogP contribution in [0.15, 0.2) is 18.2 Å². The summed E-state index contributed by atoms with van der Waals surface area (Å²) in [5.74, 6) is 0.250. The second kappa shape index (κ2) is 6.89. The van der Waals surface area contributed by atoms with Gasteiger partial charge in [0.2, 0.25) is 5.91 Å². The molecule has 1 fully saturated rings. The minimum absolute atomic E-state index is 0.0575. The Bertz CT molecular complexity index is 444. The van der Waals surface area contributed by atoms with Crippen molar-refractivity contribution < 1.29 is 14.3 Å². The first-order valence-electron chi connectivity index (χ1n) is 6.36. The van der Waals surface area contributed by atoms with Crippen molar-refractivity contribution in [1.29, 1.82) is 0 Å². The predicted octanol–water partition coefficient (Wildman–Crippen LogP) is 2.64. The number of amides is 1. The summed E-state index contributed by atoms with van der Waals surface area (Å²) >= 11 is 5.99. The Morgan fingerprint density at radius 1 is 1.58 bits per heavy atom. The van der Waals surface area contributed by atoms with Crippen LogP contribution in [-0.2, 0) is 14.3 Å². The number of anilines is 1. The van der Waals surface area contributed by atoms with Gasteiger partial charge in [-0.15, -0.1) is 0 Å². The molecule has 0 aliphatic carbocycles. The number of rotatable bonds is 5. The van der Waals surface area contributed by atoms with Gasteiger partial charge in [0.1, 0.15) is 6.61 Å². The molecule has 1 aromatic rings. The molecule has 0 bridgehead atoms. The number of carbonyl (C=O) groups excluding carboxylic acids is 1. The van der Waals surface area contributed by atoms with E-state index in [4.69, 9.17) is 21.1 Å². The Morgan fingerprint density at radius 3 is 3.11 bits per heavy atom. The zero-order valence-electron chi connectivity index (χ0n) is 10.9. The Kier molecular flexibility index (Phi) is 5.19. The van der Waals surface area contributed by atoms with Crippen LogP contribution in [0, 0.1) is 12.8 Å². The lowest BCUT2D eigenvalue weighted by Gasteiger charge is -2.09. The van der Waals surface area contributed by atoms with Crippen molar-refractivity contribution in [2.45, 2.75) is 13.3 Å². The van der Waals surface area contributed by atoms with Crippen LogP contribution in [0.1, 0.15) is 12.0 Å². The molecule has 1 aliphatic rings. The third-order valence-corrected chi connectivity index (χ3v) is 3.47. The van der Waals surface area contributed by atoms with Gasteiger partial charge in [-0.3, -0.25) is 4.79 Å². The summed E-state index contributed by atoms with van der Waals surface area (Å²) in [7, 11) is 0. The van der Waals surface area contributed by atoms with E-state index < -0.39 is 0 Å². The van der Waals surface area contributed by atoms with Crippen molar-refractivity contribution in [2.75, 3.05) is 31.7 Å². The van der Waals surface area contributed by atoms with Gasteiger partial charge in [0.25, 0.3) is 0 Å². The van der Waals surface area contributed by atoms with Crippen LogP contribution in [0.25, 0.3) is 0 Å². The third-order valence-electron chi connectivity index (χ3n) is 3.07. The first-order chi connectivity index (χ1) is 9.15. The highest BCUT2D eigenvalue weighted by Gasteiger charge is 2.16. The van der Waals surface area contributed by atoms with Gasteiger partial charge < -0.3 is 14.8 Å². The molecule has 1 atom stereocenters. The number of carbonyl (C=O) groups is 1. The van der Waals surface area contributed by atoms with Gasteiger partial charge in [-0.25, -0.2) is 0 Å². The lowest BCUT2D eigenvalue weighted by Crippen LogP contribution is -2.21. The standard InChI is InChI=1S/C14H18ClNO3/c1-10-2-3-12(6-13(10)15)16-14(17)9-19-8-11-4-5-18-7-11/h2-3,6,11H,4-5,7-9H2,1H3,(H,16,17)/t11-/m0/s1. The number of nitrogens with one attached hydrogen (secondary N) is 1. The summed E-state index contributed by atoms with van der Waals surface area (Å²) in [6.07, 6.45) is 1.01. The second-order valence-corrected chi connectivity index (χ2v) is 5.16. The molecule has 1 heterocycles. The number of hydrogen-bond acceptors (Lipinski definition) is 3. The van der Waals surface area contributed by atoms with Gasteiger partial charge in [0.05, 0.1) is 13.2 Å². The van der Waals surface area contributed by atoms with E-state index in [-0.39, 0.29) is 12.5 Å². The van der Waals surface area contributed by atoms with E-state index >= 15 is 0 Å². The zero-order chi connectivity index (χ0) is 13.7. The van der Waals surface area contributed by atoms with Crippen LogP contribution in [0.2, 0.25) is 5.02 Å². The molecule has 19 heavy (non-hydrogen) atoms. The van der Waals surface area contributed by atoms with Crippen molar-refractivity contribution in [2.24, 2.45) is 5.92 Å². The molecule has 1 aromatic carbocycles. The lowest BCUT2D eigenvalue weighted by molar-refractivity contribution is -0.121. The molecule has 0 spiro atoms. The topological polar surface area (TPSA) is 47.6 Å². The molecule has 0 unspecified atom stereocenters. The molecule has 1 amide bonds. The maximum absolute atomic E-state index is 11.7. The highest BCUT2D eigenvalue weighted by Crippen LogP contribution is 2.19. The molecule has 1 N–H and O–H groups in total. The van der Waals surface area contributed by atoms with Crippen molar-refractivity contribution >= 4 is 23.2 Å². The average Bonchev–Trinajstić information content (AvgIpc) is 2.87. The van der Waals surface area contributed by atoms with Gasteiger partial charge >= 0.3 is 0 Å². The lowest BCUT2D eigenvalue weighted by atomic mass is 10.1. The predicted molar refractivity (Wildman–Crippen MR) is 74.6 cm³/mol. The highest BCUT2D eigenvalue weighted by molar-refractivity contribution is 6.31. The van der Waals surface area contributed by atoms with E-state index in [9.17, 15) is 4.79 Å². The number of halogens is 1. The second-order valence-electron chi connectivity index (χ2n) is 4.76. The monoisotopic (exact) mass is 283 g/mol. The molecule has 0 radical (unpaired) electrons. The maximum Gasteiger partial charge on any atom is 0.250 e. The minimum atomic E-state index is -0.168. The summed E-state index contributed by atoms with van der Waals surface area (Å²) in [4.78, 5) is 11.7. The summed E-state index contributed by atoms with van der Waals surface area (Å²) in [5, 5.41) is 3.40. The molecular weight excluding hydrogens is 266 g/mol. The average molecular weight is 284 g/mol. The Balaban J connectivity index is 1.72. The highest BCUT2D eigenvalue weighted by atomic mass is 35.5. The quantitative estimate of drug-likeness (QED) is 0.904. The summed E-state index contributed by atoms with van der Waals surface area (Å²) in [6.45, 7) is 4.07. The fraction of sp³-hybridized carbons (Fsp3) is 0.500. The molecule has 1 saturated heterocycles. The van der Waals surface area contributed by atoms with Crippen LogP contribution in [0.5, 0.6) is 0 Å². The minimum Gasteiger partial charge on any atom is -0.381 e. The first kappa shape index (κ1) is 14.3. The van der Waals surface area contributed by atoms with Crippen LogP contribution in [-0.4, -0.2) is 32.3 Å². The Labute approximate surface area is 118 Å². The van der Waals surface area contributed by atoms with Gasteiger partial charge in [-0.05, 0) is 31.0 Å². The number of hydrogen-bond donors (Lipinski definition) is 1. The SMILES string of the molecule is Cc1ccc(NC(=O)COC[C@H]2CCOC2)cc1Cl. The molecule has 4 nitrogen and oxygen atoms in total. The Hall–Kier alpha value is -1.10. The smallest absolute Gasteiger partial charge is 0.250 e. The van der Waals surface area contributed by atoms with E-state index in [1.165, 1.54) is 0 Å². The number of benzene rings is 1. The van der Waals surface area contributed by atoms with Crippen LogP contribution < -0.4 is 5.32 Å². The fourth-order valence-electron chi connectivity index (χ4n) is 1.90. The normalized spacial score (nSPS) is 18.5. The first-order valence-corrected chi connectivity index (χ1v) is 6.74. The van der Waals surface area contributed by atoms with E-state index in [1.807, 2.05) is 19.1 Å². The molecular formula is C14H18ClNO3. The van der Waals surface area contributed by atoms with Gasteiger partial charge in [0, 0.05) is 23.2 Å².